The maximum absolute atomic E-state index is 11.9. The summed E-state index contributed by atoms with van der Waals surface area (Å²) in [4.78, 5) is 2.00. The van der Waals surface area contributed by atoms with Crippen molar-refractivity contribution in [1.82, 2.24) is 10.2 Å². The van der Waals surface area contributed by atoms with Crippen molar-refractivity contribution in [2.45, 2.75) is 18.6 Å². The molecule has 112 valence electrons. The molecule has 0 bridgehead atoms. The van der Waals surface area contributed by atoms with Gasteiger partial charge in [0.1, 0.15) is 12.1 Å². The number of hydrogen-bond acceptors (Lipinski definition) is 4. The molecular formula is C13H15N2O4S2+. The topological polar surface area (TPSA) is 71.0 Å². The summed E-state index contributed by atoms with van der Waals surface area (Å²) in [6.07, 6.45) is 0. The van der Waals surface area contributed by atoms with E-state index in [1.165, 1.54) is 0 Å². The van der Waals surface area contributed by atoms with Crippen LogP contribution in [0.5, 0.6) is 11.5 Å². The molecule has 6 nitrogen and oxygen atoms in total. The fraction of sp³-hybridized carbons (Fsp3) is 0.462. The van der Waals surface area contributed by atoms with E-state index in [0.717, 1.165) is 17.1 Å². The van der Waals surface area contributed by atoms with E-state index >= 15 is 0 Å². The molecule has 2 fully saturated rings. The fourth-order valence-electron chi connectivity index (χ4n) is 3.10. The van der Waals surface area contributed by atoms with E-state index in [-0.39, 0.29) is 30.4 Å². The number of fused-ring (bicyclic) bond motifs is 2. The lowest BCUT2D eigenvalue weighted by Crippen LogP contribution is -2.36. The lowest BCUT2D eigenvalue weighted by molar-refractivity contribution is 0.174. The first-order valence-corrected chi connectivity index (χ1v) is 8.96. The smallest absolute Gasteiger partial charge is 0.231 e. The third-order valence-corrected chi connectivity index (χ3v) is 6.19. The van der Waals surface area contributed by atoms with Crippen LogP contribution in [0.4, 0.5) is 0 Å². The number of rotatable bonds is 2. The lowest BCUT2D eigenvalue weighted by Gasteiger charge is -2.22. The Morgan fingerprint density at radius 1 is 1.38 bits per heavy atom. The molecule has 0 amide bonds. The van der Waals surface area contributed by atoms with Gasteiger partial charge in [-0.05, 0) is 29.9 Å². The van der Waals surface area contributed by atoms with E-state index < -0.39 is 10.2 Å². The van der Waals surface area contributed by atoms with Gasteiger partial charge in [-0.1, -0.05) is 10.3 Å². The number of nitrogens with one attached hydrogen (secondary N) is 1. The number of nitrogens with zero attached hydrogens (tertiary/aromatic N) is 1. The maximum Gasteiger partial charge on any atom is 0.231 e. The van der Waals surface area contributed by atoms with Gasteiger partial charge < -0.3 is 19.7 Å². The molecule has 3 aliphatic rings. The molecule has 3 heterocycles. The van der Waals surface area contributed by atoms with Crippen LogP contribution in [0.15, 0.2) is 18.2 Å². The Bertz CT molecular complexity index is 666. The summed E-state index contributed by atoms with van der Waals surface area (Å²) in [5, 5.41) is 3.81. The molecule has 1 unspecified atom stereocenters. The van der Waals surface area contributed by atoms with Crippen LogP contribution in [0.1, 0.15) is 5.56 Å². The molecule has 1 aromatic carbocycles. The van der Waals surface area contributed by atoms with E-state index in [0.29, 0.717) is 11.7 Å². The summed E-state index contributed by atoms with van der Waals surface area (Å²) < 4.78 is 32.3. The molecule has 3 aliphatic heterocycles. The highest BCUT2D eigenvalue weighted by molar-refractivity contribution is 7.98. The van der Waals surface area contributed by atoms with Crippen LogP contribution < -0.4 is 14.8 Å². The molecule has 0 saturated carbocycles. The molecule has 0 radical (unpaired) electrons. The Hall–Kier alpha value is -1.38. The van der Waals surface area contributed by atoms with Gasteiger partial charge in [0.25, 0.3) is 0 Å². The van der Waals surface area contributed by atoms with Crippen molar-refractivity contribution in [3.05, 3.63) is 23.8 Å². The first-order chi connectivity index (χ1) is 10.0. The van der Waals surface area contributed by atoms with Crippen molar-refractivity contribution in [1.29, 1.82) is 0 Å². The number of ether oxygens (including phenoxy) is 2. The Morgan fingerprint density at radius 3 is 3.05 bits per heavy atom. The van der Waals surface area contributed by atoms with E-state index in [2.05, 4.69) is 5.32 Å². The van der Waals surface area contributed by atoms with Gasteiger partial charge in [-0.25, -0.2) is 0 Å². The molecule has 8 heteroatoms. The SMILES string of the molecule is O=[S+]1(O)C[C@@H]2NC(=S)N(Cc3ccc4c(c3)OCO4)[C@H]2C1. The summed E-state index contributed by atoms with van der Waals surface area (Å²) in [5.74, 6) is 2.03. The second kappa shape index (κ2) is 4.56. The second-order valence-electron chi connectivity index (χ2n) is 5.54. The minimum atomic E-state index is -2.72. The molecule has 2 N–H and O–H groups in total. The summed E-state index contributed by atoms with van der Waals surface area (Å²) >= 11 is 5.35. The Kier molecular flexibility index (Phi) is 2.88. The van der Waals surface area contributed by atoms with Gasteiger partial charge in [-0.15, -0.1) is 0 Å². The second-order valence-corrected chi connectivity index (χ2v) is 8.14. The molecule has 0 aromatic heterocycles. The Labute approximate surface area is 128 Å². The maximum atomic E-state index is 11.9. The fourth-order valence-corrected chi connectivity index (χ4v) is 5.40. The van der Waals surface area contributed by atoms with Crippen molar-refractivity contribution in [2.75, 3.05) is 18.3 Å². The Balaban J connectivity index is 1.56. The third-order valence-electron chi connectivity index (χ3n) is 4.10. The molecule has 3 atom stereocenters. The zero-order chi connectivity index (χ0) is 14.6. The van der Waals surface area contributed by atoms with Gasteiger partial charge in [-0.2, -0.15) is 4.55 Å². The molecule has 4 rings (SSSR count). The number of hydrogen-bond donors (Lipinski definition) is 2. The highest BCUT2D eigenvalue weighted by Gasteiger charge is 2.53. The van der Waals surface area contributed by atoms with E-state index in [9.17, 15) is 8.76 Å². The van der Waals surface area contributed by atoms with Crippen LogP contribution in [-0.4, -0.2) is 44.9 Å². The highest BCUT2D eigenvalue weighted by Crippen LogP contribution is 2.34. The Morgan fingerprint density at radius 2 is 2.19 bits per heavy atom. The minimum Gasteiger partial charge on any atom is -0.454 e. The first kappa shape index (κ1) is 13.3. The van der Waals surface area contributed by atoms with E-state index in [4.69, 9.17) is 21.7 Å². The summed E-state index contributed by atoms with van der Waals surface area (Å²) in [6, 6.07) is 5.74. The summed E-state index contributed by atoms with van der Waals surface area (Å²) in [7, 11) is -2.72. The van der Waals surface area contributed by atoms with Gasteiger partial charge in [0.2, 0.25) is 17.0 Å². The summed E-state index contributed by atoms with van der Waals surface area (Å²) in [5.41, 5.74) is 1.04. The minimum absolute atomic E-state index is 0.0135. The molecule has 0 aliphatic carbocycles. The van der Waals surface area contributed by atoms with Crippen LogP contribution in [0.2, 0.25) is 0 Å². The zero-order valence-electron chi connectivity index (χ0n) is 11.2. The van der Waals surface area contributed by atoms with Gasteiger partial charge in [0.05, 0.1) is 0 Å². The van der Waals surface area contributed by atoms with Crippen LogP contribution >= 0.6 is 12.2 Å². The molecule has 21 heavy (non-hydrogen) atoms. The van der Waals surface area contributed by atoms with Crippen molar-refractivity contribution in [3.8, 4) is 11.5 Å². The van der Waals surface area contributed by atoms with Crippen molar-refractivity contribution < 1.29 is 18.2 Å². The normalized spacial score (nSPS) is 33.2. The average Bonchev–Trinajstić information content (AvgIpc) is 3.05. The van der Waals surface area contributed by atoms with Crippen molar-refractivity contribution in [3.63, 3.8) is 0 Å². The molecule has 1 aromatic rings. The zero-order valence-corrected chi connectivity index (χ0v) is 12.8. The first-order valence-electron chi connectivity index (χ1n) is 6.69. The predicted molar refractivity (Wildman–Crippen MR) is 81.8 cm³/mol. The van der Waals surface area contributed by atoms with Gasteiger partial charge in [0.15, 0.2) is 28.1 Å². The standard InChI is InChI=1S/C13H14N2O4S2/c16-21(17)5-9-10(6-21)15(13(20)14-9)4-8-1-2-11-12(3-8)19-7-18-11/h1-3,9-10H,4-7H2,(H-,14,16,17,20)/p+1/t9-,10-/m0/s1. The molecule has 2 saturated heterocycles. The monoisotopic (exact) mass is 327 g/mol. The van der Waals surface area contributed by atoms with E-state index in [1.54, 1.807) is 0 Å². The predicted octanol–water partition coefficient (Wildman–Crippen LogP) is 0.829. The van der Waals surface area contributed by atoms with Gasteiger partial charge in [-0.3, -0.25) is 0 Å². The van der Waals surface area contributed by atoms with Crippen molar-refractivity contribution >= 4 is 27.5 Å². The van der Waals surface area contributed by atoms with E-state index in [1.807, 2.05) is 23.1 Å². The summed E-state index contributed by atoms with van der Waals surface area (Å²) in [6.45, 7) is 0.846. The lowest BCUT2D eigenvalue weighted by atomic mass is 10.1. The third kappa shape index (κ3) is 2.27. The van der Waals surface area contributed by atoms with Gasteiger partial charge in [0, 0.05) is 6.54 Å². The van der Waals surface area contributed by atoms with Crippen LogP contribution in [0.25, 0.3) is 0 Å². The quantitative estimate of drug-likeness (QED) is 0.616. The highest BCUT2D eigenvalue weighted by atomic mass is 32.3. The van der Waals surface area contributed by atoms with Crippen LogP contribution in [0, 0.1) is 0 Å². The largest absolute Gasteiger partial charge is 0.454 e. The number of thiocarbonyl (C=S) groups is 1. The number of benzene rings is 1. The molecular weight excluding hydrogens is 312 g/mol. The van der Waals surface area contributed by atoms with Crippen LogP contribution in [-0.2, 0) is 21.0 Å². The van der Waals surface area contributed by atoms with Gasteiger partial charge >= 0.3 is 0 Å². The van der Waals surface area contributed by atoms with Crippen LogP contribution in [0.3, 0.4) is 0 Å². The molecule has 0 spiro atoms. The average molecular weight is 327 g/mol. The van der Waals surface area contributed by atoms with Crippen molar-refractivity contribution in [2.24, 2.45) is 0 Å².